The van der Waals surface area contributed by atoms with Crippen LogP contribution in [0.1, 0.15) is 56.8 Å². The fourth-order valence-electron chi connectivity index (χ4n) is 4.86. The number of guanidine groups is 2. The minimum absolute atomic E-state index is 0.0732. The fraction of sp³-hybridized carbons (Fsp3) is 0.176. The van der Waals surface area contributed by atoms with Gasteiger partial charge in [-0.05, 0) is 79.8 Å². The summed E-state index contributed by atoms with van der Waals surface area (Å²) < 4.78 is 26.0. The van der Waals surface area contributed by atoms with Crippen LogP contribution in [0, 0.1) is 34.1 Å². The molecular formula is C34H36N8O8S2. The second kappa shape index (κ2) is 17.2. The Morgan fingerprint density at radius 3 is 1.65 bits per heavy atom. The van der Waals surface area contributed by atoms with E-state index < -0.39 is 48.0 Å². The monoisotopic (exact) mass is 748 g/mol. The summed E-state index contributed by atoms with van der Waals surface area (Å²) in [6, 6.07) is 18.6. The van der Waals surface area contributed by atoms with E-state index in [0.717, 1.165) is 22.6 Å². The fourth-order valence-corrected chi connectivity index (χ4v) is 7.50. The average Bonchev–Trinajstić information content (AvgIpc) is 3.06. The molecule has 4 aromatic rings. The molecule has 272 valence electrons. The number of amides is 2. The molecule has 0 aliphatic carbocycles. The van der Waals surface area contributed by atoms with Crippen molar-refractivity contribution in [1.82, 2.24) is 0 Å². The molecule has 4 aromatic carbocycles. The Morgan fingerprint density at radius 2 is 1.19 bits per heavy atom. The number of nitrogens with zero attached hydrogens (tertiary/aromatic N) is 4. The van der Waals surface area contributed by atoms with Crippen molar-refractivity contribution < 1.29 is 27.9 Å². The Bertz CT molecular complexity index is 2230. The molecule has 4 rings (SSSR count). The summed E-state index contributed by atoms with van der Waals surface area (Å²) in [5.41, 5.74) is 22.7. The maximum absolute atomic E-state index is 13.0. The van der Waals surface area contributed by atoms with Gasteiger partial charge < -0.3 is 22.9 Å². The van der Waals surface area contributed by atoms with Crippen molar-refractivity contribution in [3.63, 3.8) is 0 Å². The zero-order valence-corrected chi connectivity index (χ0v) is 30.2. The Labute approximate surface area is 303 Å². The second-order valence-electron chi connectivity index (χ2n) is 11.1. The number of nitrogens with two attached hydrogens (primary N) is 4. The third kappa shape index (κ3) is 9.98. The normalized spacial score (nSPS) is 10.7. The maximum atomic E-state index is 13.0. The van der Waals surface area contributed by atoms with Gasteiger partial charge in [-0.1, -0.05) is 55.4 Å². The maximum Gasteiger partial charge on any atom is 0.289 e. The van der Waals surface area contributed by atoms with Gasteiger partial charge in [0.05, 0.1) is 30.8 Å². The van der Waals surface area contributed by atoms with Crippen molar-refractivity contribution in [2.24, 2.45) is 32.9 Å². The summed E-state index contributed by atoms with van der Waals surface area (Å²) in [6.45, 7) is 7.19. The van der Waals surface area contributed by atoms with Gasteiger partial charge >= 0.3 is 0 Å². The molecule has 18 heteroatoms. The number of carbonyl (C=O) groups excluding carboxylic acids is 2. The van der Waals surface area contributed by atoms with Gasteiger partial charge in [0.15, 0.2) is 11.9 Å². The zero-order valence-electron chi connectivity index (χ0n) is 28.5. The molecule has 0 bridgehead atoms. The molecule has 0 unspecified atom stereocenters. The molecule has 0 aliphatic rings. The lowest BCUT2D eigenvalue weighted by Gasteiger charge is -2.11. The Balaban J connectivity index is 0.000000281. The first-order valence-corrected chi connectivity index (χ1v) is 17.7. The quantitative estimate of drug-likeness (QED) is 0.0738. The van der Waals surface area contributed by atoms with E-state index in [4.69, 9.17) is 22.9 Å². The molecule has 2 amide bonds. The molecule has 52 heavy (non-hydrogen) atoms. The Hall–Kier alpha value is -6.14. The first kappa shape index (κ1) is 40.3. The first-order valence-electron chi connectivity index (χ1n) is 15.4. The van der Waals surface area contributed by atoms with Crippen molar-refractivity contribution in [3.05, 3.63) is 126 Å². The van der Waals surface area contributed by atoms with Crippen LogP contribution in [0.25, 0.3) is 0 Å². The summed E-state index contributed by atoms with van der Waals surface area (Å²) >= 11 is 1.28. The van der Waals surface area contributed by atoms with E-state index in [9.17, 15) is 38.2 Å². The number of nitro groups is 2. The Morgan fingerprint density at radius 1 is 0.712 bits per heavy atom. The number of benzene rings is 4. The largest absolute Gasteiger partial charge is 0.370 e. The number of sulfone groups is 1. The number of hydrogen-bond donors (Lipinski definition) is 4. The van der Waals surface area contributed by atoms with E-state index >= 15 is 0 Å². The number of aliphatic imine (C=N–C) groups is 2. The highest BCUT2D eigenvalue weighted by Gasteiger charge is 2.31. The lowest BCUT2D eigenvalue weighted by molar-refractivity contribution is -0.388. The highest BCUT2D eigenvalue weighted by Crippen LogP contribution is 2.38. The van der Waals surface area contributed by atoms with Gasteiger partial charge in [-0.25, -0.2) is 8.42 Å². The molecule has 8 N–H and O–H groups in total. The van der Waals surface area contributed by atoms with Crippen LogP contribution in [0.2, 0.25) is 0 Å². The predicted octanol–water partition coefficient (Wildman–Crippen LogP) is 4.74. The van der Waals surface area contributed by atoms with Gasteiger partial charge in [0.25, 0.3) is 23.2 Å². The lowest BCUT2D eigenvalue weighted by atomic mass is 10.0. The molecule has 0 spiro atoms. The molecule has 0 radical (unpaired) electrons. The summed E-state index contributed by atoms with van der Waals surface area (Å²) in [6.07, 6.45) is 0.760. The van der Waals surface area contributed by atoms with Gasteiger partial charge in [0.2, 0.25) is 9.84 Å². The van der Waals surface area contributed by atoms with Gasteiger partial charge in [-0.3, -0.25) is 29.8 Å². The number of aryl methyl sites for hydroxylation is 4. The van der Waals surface area contributed by atoms with Crippen LogP contribution < -0.4 is 22.9 Å². The topological polar surface area (TPSA) is 283 Å². The van der Waals surface area contributed by atoms with Crippen LogP contribution in [-0.4, -0.2) is 42.0 Å². The minimum Gasteiger partial charge on any atom is -0.370 e. The number of rotatable bonds is 10. The summed E-state index contributed by atoms with van der Waals surface area (Å²) in [5.74, 6) is -2.45. The number of hydrogen-bond acceptors (Lipinski definition) is 9. The van der Waals surface area contributed by atoms with Gasteiger partial charge in [0.1, 0.15) is 4.90 Å². The molecule has 0 aromatic heterocycles. The molecular weight excluding hydrogens is 713 g/mol. The summed E-state index contributed by atoms with van der Waals surface area (Å²) in [7, 11) is -4.17. The molecule has 0 heterocycles. The molecule has 0 aliphatic heterocycles. The highest BCUT2D eigenvalue weighted by molar-refractivity contribution is 7.99. The van der Waals surface area contributed by atoms with Gasteiger partial charge in [-0.2, -0.15) is 9.98 Å². The Kier molecular flexibility index (Phi) is 13.3. The first-order chi connectivity index (χ1) is 24.4. The number of carbonyl (C=O) groups is 2. The van der Waals surface area contributed by atoms with Crippen LogP contribution in [-0.2, 0) is 22.7 Å². The van der Waals surface area contributed by atoms with E-state index in [1.807, 2.05) is 38.1 Å². The third-order valence-corrected chi connectivity index (χ3v) is 10.1. The van der Waals surface area contributed by atoms with Crippen LogP contribution in [0.5, 0.6) is 0 Å². The van der Waals surface area contributed by atoms with Crippen LogP contribution in [0.4, 0.5) is 11.4 Å². The van der Waals surface area contributed by atoms with Crippen LogP contribution >= 0.6 is 11.8 Å². The molecule has 0 atom stereocenters. The van der Waals surface area contributed by atoms with Crippen molar-refractivity contribution >= 4 is 56.7 Å². The highest BCUT2D eigenvalue weighted by atomic mass is 32.2. The SMILES string of the molecule is CCc1cc(S(=O)(=O)c2cccc(C)c2)c([N+](=O)[O-])cc1C(=O)N=C(N)N.CCc1cc(Sc2cccc(C)c2)c([N+](=O)[O-])cc1C(=O)N=C(N)N. The molecule has 16 nitrogen and oxygen atoms in total. The summed E-state index contributed by atoms with van der Waals surface area (Å²) in [4.78, 5) is 53.6. The van der Waals surface area contributed by atoms with Crippen molar-refractivity contribution in [1.29, 1.82) is 0 Å². The predicted molar refractivity (Wildman–Crippen MR) is 197 cm³/mol. The van der Waals surface area contributed by atoms with Crippen molar-refractivity contribution in [3.8, 4) is 0 Å². The third-order valence-electron chi connectivity index (χ3n) is 7.25. The molecule has 0 saturated carbocycles. The van der Waals surface area contributed by atoms with Gasteiger partial charge in [0, 0.05) is 17.0 Å². The van der Waals surface area contributed by atoms with Crippen molar-refractivity contribution in [2.45, 2.75) is 60.1 Å². The van der Waals surface area contributed by atoms with E-state index in [0.29, 0.717) is 22.4 Å². The van der Waals surface area contributed by atoms with E-state index in [1.165, 1.54) is 30.0 Å². The van der Waals surface area contributed by atoms with Crippen LogP contribution in [0.15, 0.2) is 102 Å². The van der Waals surface area contributed by atoms with E-state index in [2.05, 4.69) is 9.98 Å². The van der Waals surface area contributed by atoms with E-state index in [-0.39, 0.29) is 39.7 Å². The second-order valence-corrected chi connectivity index (χ2v) is 14.1. The number of nitro benzene ring substituents is 2. The smallest absolute Gasteiger partial charge is 0.289 e. The van der Waals surface area contributed by atoms with Crippen molar-refractivity contribution in [2.75, 3.05) is 0 Å². The lowest BCUT2D eigenvalue weighted by Crippen LogP contribution is -2.24. The summed E-state index contributed by atoms with van der Waals surface area (Å²) in [5, 5.41) is 23.0. The zero-order chi connectivity index (χ0) is 38.9. The standard InChI is InChI=1S/C17H18N4O5S.C17H18N4O3S/c1-3-11-8-15(27(25,26)12-6-4-5-10(2)7-12)14(21(23)24)9-13(11)16(22)20-17(18)19;1-3-11-8-15(25-12-6-4-5-10(2)7-12)14(21(23)24)9-13(11)16(22)20-17(18)19/h4-9H,3H2,1-2H3,(H4,18,19,20,22);4-9H,3H2,1-2H3,(H4,18,19,20,22). The molecule has 0 fully saturated rings. The van der Waals surface area contributed by atoms with Gasteiger partial charge in [-0.15, -0.1) is 0 Å². The van der Waals surface area contributed by atoms with Crippen LogP contribution in [0.3, 0.4) is 0 Å². The van der Waals surface area contributed by atoms with E-state index in [1.54, 1.807) is 32.0 Å². The minimum atomic E-state index is -4.17. The molecule has 0 saturated heterocycles. The average molecular weight is 749 g/mol.